The van der Waals surface area contributed by atoms with Gasteiger partial charge >= 0.3 is 0 Å². The Labute approximate surface area is 233 Å². The number of nitrogens with zero attached hydrogens (tertiary/aromatic N) is 4. The van der Waals surface area contributed by atoms with Crippen molar-refractivity contribution >= 4 is 35.0 Å². The average molecular weight is 543 g/mol. The van der Waals surface area contributed by atoms with E-state index >= 15 is 0 Å². The predicted molar refractivity (Wildman–Crippen MR) is 157 cm³/mol. The molecule has 0 bridgehead atoms. The number of nitro benzene ring substituents is 2. The van der Waals surface area contributed by atoms with Gasteiger partial charge in [0.1, 0.15) is 0 Å². The number of hydrogen-bond donors (Lipinski definition) is 2. The Hall–Kier alpha value is -4.34. The number of non-ortho nitro benzene ring substituents is 2. The molecule has 2 aliphatic carbocycles. The van der Waals surface area contributed by atoms with Crippen molar-refractivity contribution < 1.29 is 9.85 Å². The molecule has 10 heteroatoms. The van der Waals surface area contributed by atoms with Crippen LogP contribution in [0.25, 0.3) is 11.1 Å². The van der Waals surface area contributed by atoms with Crippen LogP contribution in [0.2, 0.25) is 0 Å². The minimum absolute atomic E-state index is 0.0592. The first-order valence-corrected chi connectivity index (χ1v) is 14.0. The predicted octanol–water partition coefficient (Wildman–Crippen LogP) is 5.84. The third-order valence-corrected chi connectivity index (χ3v) is 8.00. The van der Waals surface area contributed by atoms with Gasteiger partial charge in [-0.2, -0.15) is 0 Å². The Morgan fingerprint density at radius 1 is 0.600 bits per heavy atom. The van der Waals surface area contributed by atoms with Crippen molar-refractivity contribution in [2.45, 2.75) is 75.5 Å². The molecule has 0 amide bonds. The third kappa shape index (κ3) is 6.62. The largest absolute Gasteiger partial charge is 0.385 e. The van der Waals surface area contributed by atoms with Crippen molar-refractivity contribution in [1.82, 2.24) is 10.6 Å². The summed E-state index contributed by atoms with van der Waals surface area (Å²) >= 11 is 0. The zero-order valence-corrected chi connectivity index (χ0v) is 22.3. The third-order valence-electron chi connectivity index (χ3n) is 8.00. The molecule has 2 aromatic carbocycles. The Morgan fingerprint density at radius 3 is 1.35 bits per heavy atom. The van der Waals surface area contributed by atoms with Crippen LogP contribution in [-0.4, -0.2) is 46.4 Å². The quantitative estimate of drug-likeness (QED) is 0.368. The van der Waals surface area contributed by atoms with Crippen LogP contribution in [0.5, 0.6) is 0 Å². The molecule has 0 saturated heterocycles. The lowest BCUT2D eigenvalue weighted by Gasteiger charge is -2.31. The Kier molecular flexibility index (Phi) is 8.63. The van der Waals surface area contributed by atoms with Crippen LogP contribution in [-0.2, 0) is 0 Å². The highest BCUT2D eigenvalue weighted by molar-refractivity contribution is 6.10. The fourth-order valence-electron chi connectivity index (χ4n) is 5.66. The molecule has 10 nitrogen and oxygen atoms in total. The Morgan fingerprint density at radius 2 is 0.975 bits per heavy atom. The molecule has 0 spiro atoms. The van der Waals surface area contributed by atoms with E-state index in [4.69, 9.17) is 9.98 Å². The van der Waals surface area contributed by atoms with Crippen LogP contribution in [0.1, 0.15) is 62.5 Å². The van der Waals surface area contributed by atoms with E-state index in [-0.39, 0.29) is 45.4 Å². The highest BCUT2D eigenvalue weighted by atomic mass is 16.6. The maximum absolute atomic E-state index is 11.2. The van der Waals surface area contributed by atoms with Gasteiger partial charge in [0.15, 0.2) is 0 Å². The van der Waals surface area contributed by atoms with E-state index < -0.39 is 0 Å². The average Bonchev–Trinajstić information content (AvgIpc) is 2.98. The number of fused-ring (bicyclic) bond motifs is 2. The van der Waals surface area contributed by atoms with Gasteiger partial charge in [-0.25, -0.2) is 0 Å². The van der Waals surface area contributed by atoms with Crippen LogP contribution in [0, 0.1) is 20.2 Å². The van der Waals surface area contributed by atoms with Crippen LogP contribution in [0.3, 0.4) is 0 Å². The number of allylic oxidation sites excluding steroid dienone is 2. The SMILES string of the molecule is O=[N+]([O-])c1ccc(/C2=C\N[C@@H]3CCCC[C@H]3N=C/C(c3ccc([N+](=O)[O-])cc3)=C/N[C@@H]3CCCC[C@H]3N=C2)cc1. The van der Waals surface area contributed by atoms with Crippen LogP contribution in [0.15, 0.2) is 70.9 Å². The summed E-state index contributed by atoms with van der Waals surface area (Å²) < 4.78 is 0. The summed E-state index contributed by atoms with van der Waals surface area (Å²) in [6.07, 6.45) is 16.0. The van der Waals surface area contributed by atoms with Gasteiger partial charge in [-0.05, 0) is 61.1 Å². The van der Waals surface area contributed by atoms with E-state index in [1.165, 1.54) is 24.3 Å². The highest BCUT2D eigenvalue weighted by Crippen LogP contribution is 2.26. The van der Waals surface area contributed by atoms with Gasteiger partial charge in [-0.3, -0.25) is 30.2 Å². The summed E-state index contributed by atoms with van der Waals surface area (Å²) in [6.45, 7) is 0. The fraction of sp³-hybridized carbons (Fsp3) is 0.400. The molecule has 2 N–H and O–H groups in total. The summed E-state index contributed by atoms with van der Waals surface area (Å²) in [6, 6.07) is 13.6. The van der Waals surface area contributed by atoms with E-state index in [1.54, 1.807) is 24.3 Å². The summed E-state index contributed by atoms with van der Waals surface area (Å²) in [5, 5.41) is 29.5. The molecule has 2 fully saturated rings. The van der Waals surface area contributed by atoms with Crippen molar-refractivity contribution in [3.8, 4) is 0 Å². The number of benzene rings is 2. The van der Waals surface area contributed by atoms with Gasteiger partial charge in [0.2, 0.25) is 0 Å². The molecular formula is C30H34N6O4. The summed E-state index contributed by atoms with van der Waals surface area (Å²) in [5.74, 6) is 0. The minimum Gasteiger partial charge on any atom is -0.385 e. The van der Waals surface area contributed by atoms with Crippen molar-refractivity contribution in [2.75, 3.05) is 0 Å². The topological polar surface area (TPSA) is 135 Å². The summed E-state index contributed by atoms with van der Waals surface area (Å²) in [4.78, 5) is 31.6. The molecule has 0 radical (unpaired) electrons. The van der Waals surface area contributed by atoms with Crippen molar-refractivity contribution in [3.63, 3.8) is 0 Å². The lowest BCUT2D eigenvalue weighted by molar-refractivity contribution is -0.385. The molecule has 0 unspecified atom stereocenters. The monoisotopic (exact) mass is 542 g/mol. The lowest BCUT2D eigenvalue weighted by atomic mass is 9.90. The molecule has 5 rings (SSSR count). The fourth-order valence-corrected chi connectivity index (χ4v) is 5.66. The molecule has 3 aliphatic rings. The molecule has 1 aliphatic heterocycles. The number of nitrogens with one attached hydrogen (secondary N) is 2. The maximum Gasteiger partial charge on any atom is 0.269 e. The second kappa shape index (κ2) is 12.7. The molecular weight excluding hydrogens is 508 g/mol. The number of aliphatic imine (C=N–C) groups is 2. The van der Waals surface area contributed by atoms with Crippen molar-refractivity contribution in [3.05, 3.63) is 92.3 Å². The maximum atomic E-state index is 11.2. The minimum atomic E-state index is -0.390. The Bertz CT molecular complexity index is 1230. The first kappa shape index (κ1) is 27.2. The van der Waals surface area contributed by atoms with Gasteiger partial charge in [-0.1, -0.05) is 25.7 Å². The molecule has 4 atom stereocenters. The standard InChI is InChI=1S/C30H34N6O4/c37-35(38)25-13-9-21(10-14-25)23-17-31-27-5-1-2-6-28(27)32-18-24(22-11-15-26(16-12-22)36(39)40)20-34-30-8-4-3-7-29(30)33-19-23/h9-20,27-31,34H,1-8H2/b23-17-,24-20-,32-18?,33-19?/t27-,28-,29-,30-/m1/s1. The van der Waals surface area contributed by atoms with Crippen LogP contribution < -0.4 is 10.6 Å². The van der Waals surface area contributed by atoms with Gasteiger partial charge in [0, 0.05) is 72.3 Å². The van der Waals surface area contributed by atoms with E-state index in [1.807, 2.05) is 24.8 Å². The molecule has 208 valence electrons. The van der Waals surface area contributed by atoms with E-state index in [9.17, 15) is 20.2 Å². The highest BCUT2D eigenvalue weighted by Gasteiger charge is 2.26. The smallest absolute Gasteiger partial charge is 0.269 e. The van der Waals surface area contributed by atoms with E-state index in [0.29, 0.717) is 0 Å². The van der Waals surface area contributed by atoms with E-state index in [0.717, 1.165) is 73.6 Å². The van der Waals surface area contributed by atoms with Crippen molar-refractivity contribution in [2.24, 2.45) is 9.98 Å². The Balaban J connectivity index is 1.50. The van der Waals surface area contributed by atoms with Crippen molar-refractivity contribution in [1.29, 1.82) is 0 Å². The molecule has 2 aromatic rings. The summed E-state index contributed by atoms with van der Waals surface area (Å²) in [5.41, 5.74) is 3.61. The molecule has 40 heavy (non-hydrogen) atoms. The zero-order valence-electron chi connectivity index (χ0n) is 22.3. The second-order valence-electron chi connectivity index (χ2n) is 10.6. The number of rotatable bonds is 4. The molecule has 1 heterocycles. The van der Waals surface area contributed by atoms with E-state index in [2.05, 4.69) is 10.6 Å². The van der Waals surface area contributed by atoms with Gasteiger partial charge in [0.05, 0.1) is 21.9 Å². The summed E-state index contributed by atoms with van der Waals surface area (Å²) in [7, 11) is 0. The lowest BCUT2D eigenvalue weighted by Crippen LogP contribution is -2.39. The van der Waals surface area contributed by atoms with Gasteiger partial charge in [-0.15, -0.1) is 0 Å². The first-order valence-electron chi connectivity index (χ1n) is 14.0. The normalized spacial score (nSPS) is 27.7. The van der Waals surface area contributed by atoms with Gasteiger partial charge in [0.25, 0.3) is 11.4 Å². The van der Waals surface area contributed by atoms with Crippen LogP contribution in [0.4, 0.5) is 11.4 Å². The number of nitro groups is 2. The first-order chi connectivity index (χ1) is 19.5. The van der Waals surface area contributed by atoms with Crippen LogP contribution >= 0.6 is 0 Å². The zero-order chi connectivity index (χ0) is 27.9. The second-order valence-corrected chi connectivity index (χ2v) is 10.6. The molecule has 2 saturated carbocycles. The molecule has 0 aromatic heterocycles. The number of hydrogen-bond acceptors (Lipinski definition) is 8. The van der Waals surface area contributed by atoms with Gasteiger partial charge < -0.3 is 10.6 Å².